The lowest BCUT2D eigenvalue weighted by atomic mass is 9.69. The third kappa shape index (κ3) is 1.61. The highest BCUT2D eigenvalue weighted by molar-refractivity contribution is 9.09. The Bertz CT molecular complexity index is 445. The summed E-state index contributed by atoms with van der Waals surface area (Å²) in [6.45, 7) is 4.51. The topological polar surface area (TPSA) is 43.4 Å². The molecule has 0 aromatic heterocycles. The van der Waals surface area contributed by atoms with E-state index in [2.05, 4.69) is 29.8 Å². The Kier molecular flexibility index (Phi) is 2.91. The van der Waals surface area contributed by atoms with Crippen molar-refractivity contribution in [2.75, 3.05) is 12.4 Å². The number of fused-ring (bicyclic) bond motifs is 1. The van der Waals surface area contributed by atoms with Crippen molar-refractivity contribution in [1.29, 1.82) is 0 Å². The summed E-state index contributed by atoms with van der Waals surface area (Å²) in [6, 6.07) is 0. The van der Waals surface area contributed by atoms with Crippen LogP contribution in [0.2, 0.25) is 0 Å². The van der Waals surface area contributed by atoms with Crippen molar-refractivity contribution in [3.8, 4) is 0 Å². The first kappa shape index (κ1) is 13.6. The highest BCUT2D eigenvalue weighted by atomic mass is 79.9. The number of carbonyl (C=O) groups is 2. The number of methoxy groups -OCH3 is 1. The Balaban J connectivity index is 1.96. The normalized spacial score (nSPS) is 45.2. The molecule has 0 radical (unpaired) electrons. The fraction of sp³-hybridized carbons (Fsp3) is 0.867. The van der Waals surface area contributed by atoms with Crippen LogP contribution in [0.1, 0.15) is 33.1 Å². The lowest BCUT2D eigenvalue weighted by molar-refractivity contribution is -0.145. The highest BCUT2D eigenvalue weighted by Gasteiger charge is 2.81. The number of ether oxygens (including phenoxy) is 1. The Morgan fingerprint density at radius 3 is 2.68 bits per heavy atom. The first-order valence-electron chi connectivity index (χ1n) is 7.05. The van der Waals surface area contributed by atoms with E-state index < -0.39 is 0 Å². The van der Waals surface area contributed by atoms with Gasteiger partial charge in [-0.25, -0.2) is 0 Å². The van der Waals surface area contributed by atoms with E-state index in [1.165, 1.54) is 7.11 Å². The molecule has 0 bridgehead atoms. The van der Waals surface area contributed by atoms with E-state index in [1.807, 2.05) is 0 Å². The molecular formula is C15H21BrO3. The minimum Gasteiger partial charge on any atom is -0.469 e. The molecule has 3 rings (SSSR count). The molecule has 3 aliphatic rings. The Morgan fingerprint density at radius 2 is 2.11 bits per heavy atom. The summed E-state index contributed by atoms with van der Waals surface area (Å²) in [5.41, 5.74) is 0.0802. The molecule has 0 heterocycles. The molecule has 106 valence electrons. The first-order valence-corrected chi connectivity index (χ1v) is 8.18. The van der Waals surface area contributed by atoms with Crippen LogP contribution in [-0.4, -0.2) is 24.2 Å². The van der Waals surface area contributed by atoms with Gasteiger partial charge in [-0.1, -0.05) is 29.8 Å². The number of alkyl halides is 1. The maximum absolute atomic E-state index is 12.6. The van der Waals surface area contributed by atoms with E-state index in [0.717, 1.165) is 18.2 Å². The number of halogens is 1. The lowest BCUT2D eigenvalue weighted by Gasteiger charge is -2.35. The van der Waals surface area contributed by atoms with Gasteiger partial charge in [-0.2, -0.15) is 0 Å². The fourth-order valence-corrected chi connectivity index (χ4v) is 5.95. The van der Waals surface area contributed by atoms with Gasteiger partial charge in [0.15, 0.2) is 0 Å². The number of Topliss-reactive ketones (excluding diaryl/α,β-unsaturated/α-hetero) is 1. The van der Waals surface area contributed by atoms with Crippen molar-refractivity contribution < 1.29 is 14.3 Å². The molecule has 5 atom stereocenters. The van der Waals surface area contributed by atoms with E-state index in [0.29, 0.717) is 24.0 Å². The van der Waals surface area contributed by atoms with Crippen molar-refractivity contribution >= 4 is 27.7 Å². The van der Waals surface area contributed by atoms with E-state index in [1.54, 1.807) is 0 Å². The molecule has 0 aliphatic heterocycles. The summed E-state index contributed by atoms with van der Waals surface area (Å²) in [7, 11) is 1.44. The summed E-state index contributed by atoms with van der Waals surface area (Å²) in [5, 5.41) is 0.830. The summed E-state index contributed by atoms with van der Waals surface area (Å²) in [5.74, 6) is 1.51. The van der Waals surface area contributed by atoms with Gasteiger partial charge in [0.25, 0.3) is 0 Å². The van der Waals surface area contributed by atoms with Gasteiger partial charge in [0, 0.05) is 17.2 Å². The molecule has 3 aliphatic carbocycles. The largest absolute Gasteiger partial charge is 0.469 e. The third-order valence-corrected chi connectivity index (χ3v) is 6.29. The molecule has 3 saturated carbocycles. The van der Waals surface area contributed by atoms with Crippen LogP contribution in [0.3, 0.4) is 0 Å². The van der Waals surface area contributed by atoms with Gasteiger partial charge < -0.3 is 4.74 Å². The van der Waals surface area contributed by atoms with Crippen LogP contribution in [0.15, 0.2) is 0 Å². The molecule has 0 saturated heterocycles. The molecule has 0 aromatic rings. The molecule has 0 aromatic carbocycles. The second kappa shape index (κ2) is 4.06. The van der Waals surface area contributed by atoms with Gasteiger partial charge in [-0.3, -0.25) is 9.59 Å². The average molecular weight is 329 g/mol. The SMILES string of the molecule is COC(=O)C[C@@]12CC(C)(C)[C@@H]3[C@H](C(=O)[C@@H]1CCBr)[C@H]32. The molecule has 0 amide bonds. The number of esters is 1. The minimum atomic E-state index is -0.156. The summed E-state index contributed by atoms with van der Waals surface area (Å²) >= 11 is 3.46. The molecular weight excluding hydrogens is 308 g/mol. The van der Waals surface area contributed by atoms with Crippen molar-refractivity contribution in [1.82, 2.24) is 0 Å². The molecule has 4 heteroatoms. The standard InChI is InChI=1S/C15H21BrO3/c1-14(2)7-15(6-9(17)19-3)8(4-5-16)13(18)10-11(14)12(10)15/h8,10-12H,4-7H2,1-3H3/t8-,10-,11+,12+,15+/m0/s1. The maximum atomic E-state index is 12.6. The van der Waals surface area contributed by atoms with Crippen LogP contribution < -0.4 is 0 Å². The maximum Gasteiger partial charge on any atom is 0.306 e. The van der Waals surface area contributed by atoms with Crippen molar-refractivity contribution in [3.63, 3.8) is 0 Å². The molecule has 0 unspecified atom stereocenters. The summed E-state index contributed by atoms with van der Waals surface area (Å²) in [6.07, 6.45) is 2.27. The van der Waals surface area contributed by atoms with Crippen LogP contribution >= 0.6 is 15.9 Å². The zero-order valence-electron chi connectivity index (χ0n) is 11.7. The van der Waals surface area contributed by atoms with Crippen molar-refractivity contribution in [2.45, 2.75) is 33.1 Å². The first-order chi connectivity index (χ1) is 8.89. The van der Waals surface area contributed by atoms with Gasteiger partial charge in [-0.15, -0.1) is 0 Å². The van der Waals surface area contributed by atoms with E-state index in [-0.39, 0.29) is 28.6 Å². The second-order valence-electron chi connectivity index (χ2n) is 7.16. The quantitative estimate of drug-likeness (QED) is 0.588. The van der Waals surface area contributed by atoms with Gasteiger partial charge >= 0.3 is 5.97 Å². The monoisotopic (exact) mass is 328 g/mol. The van der Waals surface area contributed by atoms with Crippen LogP contribution in [-0.2, 0) is 14.3 Å². The Morgan fingerprint density at radius 1 is 1.42 bits per heavy atom. The summed E-state index contributed by atoms with van der Waals surface area (Å²) in [4.78, 5) is 24.4. The Labute approximate surface area is 122 Å². The lowest BCUT2D eigenvalue weighted by Crippen LogP contribution is -2.34. The zero-order chi connectivity index (χ0) is 14.0. The Hall–Kier alpha value is -0.380. The molecule has 0 spiro atoms. The zero-order valence-corrected chi connectivity index (χ0v) is 13.3. The van der Waals surface area contributed by atoms with Crippen molar-refractivity contribution in [2.24, 2.45) is 34.5 Å². The fourth-order valence-electron chi connectivity index (χ4n) is 5.49. The number of carbonyl (C=O) groups excluding carboxylic acids is 2. The highest BCUT2D eigenvalue weighted by Crippen LogP contribution is 2.81. The second-order valence-corrected chi connectivity index (χ2v) is 7.95. The van der Waals surface area contributed by atoms with E-state index in [9.17, 15) is 9.59 Å². The van der Waals surface area contributed by atoms with Crippen LogP contribution in [0.5, 0.6) is 0 Å². The predicted octanol–water partition coefficient (Wildman–Crippen LogP) is 2.81. The molecule has 0 N–H and O–H groups in total. The minimum absolute atomic E-state index is 0.0546. The van der Waals surface area contributed by atoms with Crippen molar-refractivity contribution in [3.05, 3.63) is 0 Å². The van der Waals surface area contributed by atoms with Gasteiger partial charge in [0.05, 0.1) is 13.5 Å². The van der Waals surface area contributed by atoms with Crippen LogP contribution in [0.4, 0.5) is 0 Å². The number of rotatable bonds is 4. The van der Waals surface area contributed by atoms with Gasteiger partial charge in [0.2, 0.25) is 0 Å². The average Bonchev–Trinajstić information content (AvgIpc) is 3.01. The number of hydrogen-bond donors (Lipinski definition) is 0. The van der Waals surface area contributed by atoms with Crippen LogP contribution in [0, 0.1) is 34.5 Å². The molecule has 3 fully saturated rings. The summed E-state index contributed by atoms with van der Waals surface area (Å²) < 4.78 is 4.89. The predicted molar refractivity (Wildman–Crippen MR) is 74.8 cm³/mol. The molecule has 3 nitrogen and oxygen atoms in total. The van der Waals surface area contributed by atoms with E-state index in [4.69, 9.17) is 4.74 Å². The van der Waals surface area contributed by atoms with Crippen LogP contribution in [0.25, 0.3) is 0 Å². The molecule has 19 heavy (non-hydrogen) atoms. The number of hydrogen-bond acceptors (Lipinski definition) is 3. The van der Waals surface area contributed by atoms with Gasteiger partial charge in [0.1, 0.15) is 5.78 Å². The van der Waals surface area contributed by atoms with Gasteiger partial charge in [-0.05, 0) is 35.5 Å². The van der Waals surface area contributed by atoms with E-state index >= 15 is 0 Å². The third-order valence-electron chi connectivity index (χ3n) is 5.84. The smallest absolute Gasteiger partial charge is 0.306 e. The number of ketones is 1.